The Morgan fingerprint density at radius 2 is 1.83 bits per heavy atom. The molecule has 18 heavy (non-hydrogen) atoms. The quantitative estimate of drug-likeness (QED) is 0.565. The molecule has 1 aromatic carbocycles. The minimum absolute atomic E-state index is 0. The first-order valence-electron chi connectivity index (χ1n) is 6.37. The minimum atomic E-state index is 0. The van der Waals surface area contributed by atoms with Crippen molar-refractivity contribution in [1.29, 1.82) is 0 Å². The van der Waals surface area contributed by atoms with Crippen molar-refractivity contribution in [1.82, 2.24) is 0 Å². The maximum atomic E-state index is 2.34. The van der Waals surface area contributed by atoms with E-state index in [9.17, 15) is 0 Å². The molecule has 0 unspecified atom stereocenters. The summed E-state index contributed by atoms with van der Waals surface area (Å²) >= 11 is 2.02. The second kappa shape index (κ2) is 8.39. The van der Waals surface area contributed by atoms with E-state index in [4.69, 9.17) is 0 Å². The first-order chi connectivity index (χ1) is 8.42. The molecule has 0 aliphatic carbocycles. The molecule has 0 N–H and O–H groups in total. The van der Waals surface area contributed by atoms with Crippen LogP contribution < -0.4 is 17.0 Å². The number of thioether (sulfide) groups is 1. The van der Waals surface area contributed by atoms with Crippen LogP contribution in [0, 0.1) is 0 Å². The smallest absolute Gasteiger partial charge is 0.213 e. The van der Waals surface area contributed by atoms with Gasteiger partial charge in [0, 0.05) is 17.5 Å². The average Bonchev–Trinajstić information content (AvgIpc) is 2.39. The highest BCUT2D eigenvalue weighted by Gasteiger charge is 2.06. The molecule has 1 aromatic heterocycles. The number of fused-ring (bicyclic) bond motifs is 1. The zero-order valence-corrected chi connectivity index (χ0v) is 12.4. The number of unbranched alkanes of at least 4 members (excludes halogenated alkanes) is 2. The van der Waals surface area contributed by atoms with Crippen molar-refractivity contribution >= 4 is 22.7 Å². The van der Waals surface area contributed by atoms with E-state index in [2.05, 4.69) is 54.1 Å². The first-order valence-corrected chi connectivity index (χ1v) is 7.52. The van der Waals surface area contributed by atoms with Crippen molar-refractivity contribution in [2.24, 2.45) is 0 Å². The predicted octanol–water partition coefficient (Wildman–Crippen LogP) is 1.01. The van der Waals surface area contributed by atoms with Crippen molar-refractivity contribution in [3.05, 3.63) is 42.6 Å². The third-order valence-electron chi connectivity index (χ3n) is 2.91. The molecule has 98 valence electrons. The summed E-state index contributed by atoms with van der Waals surface area (Å²) < 4.78 is 2.34. The highest BCUT2D eigenvalue weighted by atomic mass is 35.5. The van der Waals surface area contributed by atoms with Crippen molar-refractivity contribution in [3.8, 4) is 0 Å². The van der Waals surface area contributed by atoms with Gasteiger partial charge in [-0.2, -0.15) is 4.57 Å². The molecule has 0 aliphatic rings. The maximum Gasteiger partial charge on any atom is 0.213 e. The van der Waals surface area contributed by atoms with Crippen LogP contribution >= 0.6 is 11.8 Å². The normalized spacial score (nSPS) is 10.3. The van der Waals surface area contributed by atoms with Crippen LogP contribution in [0.25, 0.3) is 10.9 Å². The number of rotatable bonds is 6. The third kappa shape index (κ3) is 4.18. The number of nitrogens with zero attached hydrogens (tertiary/aromatic N) is 1. The number of aromatic nitrogens is 1. The monoisotopic (exact) mass is 281 g/mol. The van der Waals surface area contributed by atoms with E-state index in [0.29, 0.717) is 0 Å². The van der Waals surface area contributed by atoms with Gasteiger partial charge in [-0.25, -0.2) is 0 Å². The molecule has 1 nitrogen and oxygen atoms in total. The lowest BCUT2D eigenvalue weighted by Gasteiger charge is -2.01. The van der Waals surface area contributed by atoms with Crippen molar-refractivity contribution in [3.63, 3.8) is 0 Å². The fourth-order valence-corrected chi connectivity index (χ4v) is 2.91. The fraction of sp³-hybridized carbons (Fsp3) is 0.400. The third-order valence-corrected chi connectivity index (χ3v) is 3.95. The Labute approximate surface area is 120 Å². The maximum absolute atomic E-state index is 2.34. The van der Waals surface area contributed by atoms with Crippen LogP contribution in [0.1, 0.15) is 26.2 Å². The van der Waals surface area contributed by atoms with Crippen LogP contribution in [-0.2, 0) is 5.88 Å². The Kier molecular flexibility index (Phi) is 7.14. The van der Waals surface area contributed by atoms with E-state index in [1.165, 1.54) is 35.9 Å². The van der Waals surface area contributed by atoms with Gasteiger partial charge in [-0.1, -0.05) is 43.7 Å². The number of hydrogen-bond donors (Lipinski definition) is 0. The summed E-state index contributed by atoms with van der Waals surface area (Å²) in [5.41, 5.74) is 1.33. The molecule has 2 rings (SSSR count). The van der Waals surface area contributed by atoms with Crippen molar-refractivity contribution < 1.29 is 17.0 Å². The Bertz CT molecular complexity index is 468. The summed E-state index contributed by atoms with van der Waals surface area (Å²) in [6, 6.07) is 12.9. The lowest BCUT2D eigenvalue weighted by molar-refractivity contribution is -0.649. The summed E-state index contributed by atoms with van der Waals surface area (Å²) in [7, 11) is 0. The van der Waals surface area contributed by atoms with E-state index in [1.807, 2.05) is 11.8 Å². The fourth-order valence-electron chi connectivity index (χ4n) is 1.95. The molecule has 0 spiro atoms. The number of halogens is 1. The van der Waals surface area contributed by atoms with Gasteiger partial charge in [0.25, 0.3) is 0 Å². The van der Waals surface area contributed by atoms with E-state index >= 15 is 0 Å². The first kappa shape index (κ1) is 15.3. The molecule has 0 radical (unpaired) electrons. The lowest BCUT2D eigenvalue weighted by atomic mass is 10.2. The molecule has 0 fully saturated rings. The predicted molar refractivity (Wildman–Crippen MR) is 76.1 cm³/mol. The van der Waals surface area contributed by atoms with Gasteiger partial charge >= 0.3 is 0 Å². The molecule has 2 aromatic rings. The highest BCUT2D eigenvalue weighted by molar-refractivity contribution is 7.98. The van der Waals surface area contributed by atoms with Gasteiger partial charge in [0.05, 0.1) is 0 Å². The number of pyridine rings is 1. The molecule has 0 amide bonds. The van der Waals surface area contributed by atoms with Crippen LogP contribution in [0.4, 0.5) is 0 Å². The zero-order chi connectivity index (χ0) is 11.9. The molecule has 0 saturated heterocycles. The highest BCUT2D eigenvalue weighted by Crippen LogP contribution is 2.11. The van der Waals surface area contributed by atoms with Crippen LogP contribution in [0.3, 0.4) is 0 Å². The second-order valence-electron chi connectivity index (χ2n) is 4.28. The number of benzene rings is 1. The largest absolute Gasteiger partial charge is 1.00 e. The van der Waals surface area contributed by atoms with E-state index in [1.54, 1.807) is 0 Å². The summed E-state index contributed by atoms with van der Waals surface area (Å²) in [6.45, 7) is 2.25. The molecule has 0 bridgehead atoms. The molecule has 0 saturated carbocycles. The second-order valence-corrected chi connectivity index (χ2v) is 5.36. The molecular weight excluding hydrogens is 262 g/mol. The summed E-state index contributed by atoms with van der Waals surface area (Å²) in [6.07, 6.45) is 6.18. The summed E-state index contributed by atoms with van der Waals surface area (Å²) in [4.78, 5) is 0. The van der Waals surface area contributed by atoms with Crippen LogP contribution in [0.5, 0.6) is 0 Å². The Balaban J connectivity index is 0.00000162. The van der Waals surface area contributed by atoms with E-state index in [0.717, 1.165) is 5.88 Å². The van der Waals surface area contributed by atoms with Gasteiger partial charge in [-0.05, 0) is 24.3 Å². The van der Waals surface area contributed by atoms with Crippen molar-refractivity contribution in [2.75, 3.05) is 5.75 Å². The molecule has 0 aliphatic heterocycles. The molecular formula is C15H20ClNS. The topological polar surface area (TPSA) is 3.88 Å². The van der Waals surface area contributed by atoms with Gasteiger partial charge in [-0.15, -0.1) is 0 Å². The van der Waals surface area contributed by atoms with Crippen molar-refractivity contribution in [2.45, 2.75) is 32.1 Å². The van der Waals surface area contributed by atoms with Gasteiger partial charge < -0.3 is 12.4 Å². The molecule has 3 heteroatoms. The lowest BCUT2D eigenvalue weighted by Crippen LogP contribution is -3.00. The van der Waals surface area contributed by atoms with Gasteiger partial charge in [0.2, 0.25) is 5.52 Å². The Morgan fingerprint density at radius 3 is 2.67 bits per heavy atom. The van der Waals surface area contributed by atoms with Crippen LogP contribution in [-0.4, -0.2) is 5.75 Å². The zero-order valence-electron chi connectivity index (χ0n) is 10.8. The molecule has 0 atom stereocenters. The van der Waals surface area contributed by atoms with E-state index < -0.39 is 0 Å². The summed E-state index contributed by atoms with van der Waals surface area (Å²) in [5.74, 6) is 2.33. The Hall–Kier alpha value is -0.730. The van der Waals surface area contributed by atoms with Crippen LogP contribution in [0.2, 0.25) is 0 Å². The summed E-state index contributed by atoms with van der Waals surface area (Å²) in [5, 5.41) is 1.32. The standard InChI is InChI=1S/C15H20NS.ClH/c1-2-3-6-12-17-13-16-11-7-9-14-8-4-5-10-15(14)16;/h4-5,7-11H,2-3,6,12-13H2,1H3;1H/q+1;/p-1. The van der Waals surface area contributed by atoms with Gasteiger partial charge in [0.15, 0.2) is 12.1 Å². The molecule has 1 heterocycles. The Morgan fingerprint density at radius 1 is 1.06 bits per heavy atom. The average molecular weight is 282 g/mol. The number of hydrogen-bond acceptors (Lipinski definition) is 1. The van der Waals surface area contributed by atoms with Gasteiger partial charge in [0.1, 0.15) is 0 Å². The minimum Gasteiger partial charge on any atom is -1.00 e. The SMILES string of the molecule is CCCCCSC[n+]1cccc2ccccc21.[Cl-]. The van der Waals surface area contributed by atoms with E-state index in [-0.39, 0.29) is 12.4 Å². The number of para-hydroxylation sites is 1. The van der Waals surface area contributed by atoms with Gasteiger partial charge in [-0.3, -0.25) is 0 Å². The van der Waals surface area contributed by atoms with Crippen LogP contribution in [0.15, 0.2) is 42.6 Å².